The van der Waals surface area contributed by atoms with E-state index in [1.165, 1.54) is 6.07 Å². The molecular weight excluding hydrogens is 280 g/mol. The lowest BCUT2D eigenvalue weighted by Crippen LogP contribution is -2.19. The van der Waals surface area contributed by atoms with Crippen LogP contribution in [0.3, 0.4) is 0 Å². The summed E-state index contributed by atoms with van der Waals surface area (Å²) >= 11 is 0. The summed E-state index contributed by atoms with van der Waals surface area (Å²) < 4.78 is 5.16. The van der Waals surface area contributed by atoms with Crippen molar-refractivity contribution in [3.8, 4) is 0 Å². The van der Waals surface area contributed by atoms with Gasteiger partial charge in [0.15, 0.2) is 0 Å². The summed E-state index contributed by atoms with van der Waals surface area (Å²) in [7, 11) is 0. The van der Waals surface area contributed by atoms with Gasteiger partial charge >= 0.3 is 11.7 Å². The molecule has 5 heteroatoms. The number of nitrogens with one attached hydrogen (secondary N) is 2. The minimum atomic E-state index is -0.407. The second-order valence-electron chi connectivity index (χ2n) is 4.90. The number of anilines is 2. The normalized spacial score (nSPS) is 10.4. The molecule has 0 unspecified atom stereocenters. The molecule has 0 radical (unpaired) electrons. The Hall–Kier alpha value is -3.08. The first-order valence-corrected chi connectivity index (χ1v) is 6.79. The predicted octanol–water partition coefficient (Wildman–Crippen LogP) is 3.75. The first kappa shape index (κ1) is 13.9. The van der Waals surface area contributed by atoms with Gasteiger partial charge in [0.2, 0.25) is 0 Å². The monoisotopic (exact) mass is 294 g/mol. The third-order valence-electron chi connectivity index (χ3n) is 3.24. The van der Waals surface area contributed by atoms with Crippen molar-refractivity contribution in [2.45, 2.75) is 6.92 Å². The summed E-state index contributed by atoms with van der Waals surface area (Å²) in [5.41, 5.74) is 2.13. The summed E-state index contributed by atoms with van der Waals surface area (Å²) in [5.74, 6) is 0. The third-order valence-corrected chi connectivity index (χ3v) is 3.24. The van der Waals surface area contributed by atoms with Crippen molar-refractivity contribution in [2.24, 2.45) is 0 Å². The fourth-order valence-electron chi connectivity index (χ4n) is 2.22. The van der Waals surface area contributed by atoms with Gasteiger partial charge in [0, 0.05) is 28.9 Å². The van der Waals surface area contributed by atoms with Crippen LogP contribution in [0.15, 0.2) is 63.8 Å². The Morgan fingerprint density at radius 3 is 2.45 bits per heavy atom. The lowest BCUT2D eigenvalue weighted by molar-refractivity contribution is 0.262. The Kier molecular flexibility index (Phi) is 3.62. The van der Waals surface area contributed by atoms with Crippen LogP contribution in [-0.2, 0) is 0 Å². The SMILES string of the molecule is Cc1cc(=O)oc2cc(NC(=O)Nc3ccccc3)ccc12. The zero-order valence-electron chi connectivity index (χ0n) is 11.9. The average Bonchev–Trinajstić information content (AvgIpc) is 2.47. The van der Waals surface area contributed by atoms with Crippen LogP contribution in [0, 0.1) is 6.92 Å². The molecule has 110 valence electrons. The highest BCUT2D eigenvalue weighted by Crippen LogP contribution is 2.20. The second kappa shape index (κ2) is 5.73. The number of amides is 2. The molecule has 2 aromatic carbocycles. The number of para-hydroxylation sites is 1. The van der Waals surface area contributed by atoms with Crippen LogP contribution < -0.4 is 16.3 Å². The van der Waals surface area contributed by atoms with Gasteiger partial charge in [-0.2, -0.15) is 0 Å². The van der Waals surface area contributed by atoms with Crippen LogP contribution >= 0.6 is 0 Å². The molecule has 2 N–H and O–H groups in total. The Labute approximate surface area is 126 Å². The van der Waals surface area contributed by atoms with Crippen LogP contribution in [-0.4, -0.2) is 6.03 Å². The van der Waals surface area contributed by atoms with Crippen LogP contribution in [0.25, 0.3) is 11.0 Å². The number of hydrogen-bond acceptors (Lipinski definition) is 3. The molecule has 0 saturated heterocycles. The number of carbonyl (C=O) groups is 1. The summed E-state index contributed by atoms with van der Waals surface area (Å²) in [6, 6.07) is 15.4. The summed E-state index contributed by atoms with van der Waals surface area (Å²) in [5, 5.41) is 6.27. The van der Waals surface area contributed by atoms with Gasteiger partial charge in [-0.05, 0) is 36.8 Å². The van der Waals surface area contributed by atoms with Gasteiger partial charge in [-0.3, -0.25) is 0 Å². The van der Waals surface area contributed by atoms with Crippen molar-refractivity contribution in [2.75, 3.05) is 10.6 Å². The van der Waals surface area contributed by atoms with E-state index in [1.807, 2.05) is 31.2 Å². The summed E-state index contributed by atoms with van der Waals surface area (Å²) in [6.45, 7) is 1.84. The van der Waals surface area contributed by atoms with Crippen molar-refractivity contribution in [3.63, 3.8) is 0 Å². The van der Waals surface area contributed by atoms with Crippen molar-refractivity contribution >= 4 is 28.4 Å². The van der Waals surface area contributed by atoms with E-state index in [1.54, 1.807) is 24.3 Å². The van der Waals surface area contributed by atoms with E-state index in [9.17, 15) is 9.59 Å². The Morgan fingerprint density at radius 2 is 1.68 bits per heavy atom. The van der Waals surface area contributed by atoms with E-state index in [2.05, 4.69) is 10.6 Å². The highest BCUT2D eigenvalue weighted by Gasteiger charge is 2.06. The number of hydrogen-bond donors (Lipinski definition) is 2. The van der Waals surface area contributed by atoms with E-state index >= 15 is 0 Å². The first-order chi connectivity index (χ1) is 10.6. The van der Waals surface area contributed by atoms with Crippen molar-refractivity contribution in [1.82, 2.24) is 0 Å². The minimum absolute atomic E-state index is 0.361. The first-order valence-electron chi connectivity index (χ1n) is 6.79. The maximum Gasteiger partial charge on any atom is 0.336 e. The topological polar surface area (TPSA) is 71.3 Å². The zero-order chi connectivity index (χ0) is 15.5. The Bertz CT molecular complexity index is 885. The quantitative estimate of drug-likeness (QED) is 0.707. The molecule has 22 heavy (non-hydrogen) atoms. The predicted molar refractivity (Wildman–Crippen MR) is 86.3 cm³/mol. The Balaban J connectivity index is 1.82. The molecule has 0 fully saturated rings. The van der Waals surface area contributed by atoms with Gasteiger partial charge < -0.3 is 15.1 Å². The molecule has 0 aliphatic carbocycles. The van der Waals surface area contributed by atoms with E-state index in [4.69, 9.17) is 4.42 Å². The molecule has 0 saturated carbocycles. The van der Waals surface area contributed by atoms with Gasteiger partial charge in [-0.1, -0.05) is 18.2 Å². The average molecular weight is 294 g/mol. The van der Waals surface area contributed by atoms with E-state index in [0.717, 1.165) is 10.9 Å². The van der Waals surface area contributed by atoms with Crippen LogP contribution in [0.1, 0.15) is 5.56 Å². The summed E-state index contributed by atoms with van der Waals surface area (Å²) in [6.07, 6.45) is 0. The van der Waals surface area contributed by atoms with E-state index in [-0.39, 0.29) is 6.03 Å². The smallest absolute Gasteiger partial charge is 0.336 e. The molecule has 0 spiro atoms. The fraction of sp³-hybridized carbons (Fsp3) is 0.0588. The van der Waals surface area contributed by atoms with Crippen LogP contribution in [0.2, 0.25) is 0 Å². The molecule has 1 heterocycles. The number of aryl methyl sites for hydroxylation is 1. The number of fused-ring (bicyclic) bond motifs is 1. The Morgan fingerprint density at radius 1 is 0.955 bits per heavy atom. The fourth-order valence-corrected chi connectivity index (χ4v) is 2.22. The molecular formula is C17H14N2O3. The van der Waals surface area contributed by atoms with Crippen LogP contribution in [0.5, 0.6) is 0 Å². The maximum atomic E-state index is 11.9. The van der Waals surface area contributed by atoms with Crippen LogP contribution in [0.4, 0.5) is 16.2 Å². The number of carbonyl (C=O) groups excluding carboxylic acids is 1. The van der Waals surface area contributed by atoms with Crippen molar-refractivity contribution < 1.29 is 9.21 Å². The number of rotatable bonds is 2. The minimum Gasteiger partial charge on any atom is -0.423 e. The second-order valence-corrected chi connectivity index (χ2v) is 4.90. The molecule has 0 atom stereocenters. The van der Waals surface area contributed by atoms with Gasteiger partial charge in [-0.25, -0.2) is 9.59 Å². The summed E-state index contributed by atoms with van der Waals surface area (Å²) in [4.78, 5) is 23.3. The number of benzene rings is 2. The third kappa shape index (κ3) is 2.98. The van der Waals surface area contributed by atoms with Crippen molar-refractivity contribution in [3.05, 3.63) is 70.6 Å². The highest BCUT2D eigenvalue weighted by molar-refractivity contribution is 6.00. The lowest BCUT2D eigenvalue weighted by Gasteiger charge is -2.08. The molecule has 3 aromatic rings. The highest BCUT2D eigenvalue weighted by atomic mass is 16.4. The number of urea groups is 1. The maximum absolute atomic E-state index is 11.9. The van der Waals surface area contributed by atoms with Gasteiger partial charge in [0.05, 0.1) is 0 Å². The van der Waals surface area contributed by atoms with Gasteiger partial charge in [0.25, 0.3) is 0 Å². The van der Waals surface area contributed by atoms with Gasteiger partial charge in [0.1, 0.15) is 5.58 Å². The molecule has 0 aliphatic heterocycles. The lowest BCUT2D eigenvalue weighted by atomic mass is 10.1. The van der Waals surface area contributed by atoms with E-state index in [0.29, 0.717) is 17.0 Å². The van der Waals surface area contributed by atoms with Gasteiger partial charge in [-0.15, -0.1) is 0 Å². The molecule has 0 bridgehead atoms. The standard InChI is InChI=1S/C17H14N2O3/c1-11-9-16(20)22-15-10-13(7-8-14(11)15)19-17(21)18-12-5-3-2-4-6-12/h2-10H,1H3,(H2,18,19,21). The van der Waals surface area contributed by atoms with E-state index < -0.39 is 5.63 Å². The molecule has 0 aliphatic rings. The molecule has 2 amide bonds. The van der Waals surface area contributed by atoms with Crippen molar-refractivity contribution in [1.29, 1.82) is 0 Å². The largest absolute Gasteiger partial charge is 0.423 e. The molecule has 1 aromatic heterocycles. The molecule has 3 rings (SSSR count). The molecule has 5 nitrogen and oxygen atoms in total. The zero-order valence-corrected chi connectivity index (χ0v) is 11.9.